The van der Waals surface area contributed by atoms with E-state index in [9.17, 15) is 18.0 Å². The maximum absolute atomic E-state index is 13.4. The van der Waals surface area contributed by atoms with E-state index < -0.39 is 28.5 Å². The first-order valence-electron chi connectivity index (χ1n) is 10.8. The quantitative estimate of drug-likeness (QED) is 0.549. The van der Waals surface area contributed by atoms with Gasteiger partial charge in [0.1, 0.15) is 12.6 Å². The number of carbonyl (C=O) groups excluding carboxylic acids is 2. The van der Waals surface area contributed by atoms with Crippen molar-refractivity contribution in [3.63, 3.8) is 0 Å². The van der Waals surface area contributed by atoms with Crippen LogP contribution < -0.4 is 9.62 Å². The Bertz CT molecular complexity index is 1070. The number of rotatable bonds is 10. The molecule has 2 aromatic carbocycles. The van der Waals surface area contributed by atoms with Crippen LogP contribution in [0.4, 0.5) is 5.69 Å². The lowest BCUT2D eigenvalue weighted by Gasteiger charge is -2.32. The second-order valence-corrected chi connectivity index (χ2v) is 10.7. The van der Waals surface area contributed by atoms with Gasteiger partial charge in [0.2, 0.25) is 21.8 Å². The van der Waals surface area contributed by atoms with Gasteiger partial charge in [-0.2, -0.15) is 0 Å². The van der Waals surface area contributed by atoms with Gasteiger partial charge >= 0.3 is 0 Å². The monoisotopic (exact) mass is 493 g/mol. The largest absolute Gasteiger partial charge is 0.352 e. The molecule has 0 saturated carbocycles. The van der Waals surface area contributed by atoms with E-state index in [4.69, 9.17) is 11.6 Å². The fourth-order valence-electron chi connectivity index (χ4n) is 3.42. The Morgan fingerprint density at radius 2 is 1.70 bits per heavy atom. The van der Waals surface area contributed by atoms with E-state index in [-0.39, 0.29) is 18.5 Å². The Morgan fingerprint density at radius 3 is 2.27 bits per heavy atom. The maximum Gasteiger partial charge on any atom is 0.244 e. The van der Waals surface area contributed by atoms with Crippen LogP contribution in [0, 0.1) is 6.92 Å². The number of nitrogens with zero attached hydrogens (tertiary/aromatic N) is 2. The Morgan fingerprint density at radius 1 is 1.06 bits per heavy atom. The Balaban J connectivity index is 2.35. The van der Waals surface area contributed by atoms with Crippen molar-refractivity contribution in [2.24, 2.45) is 0 Å². The molecule has 0 heterocycles. The molecule has 0 saturated heterocycles. The van der Waals surface area contributed by atoms with Gasteiger partial charge in [-0.05, 0) is 57.4 Å². The zero-order valence-corrected chi connectivity index (χ0v) is 21.3. The van der Waals surface area contributed by atoms with Crippen molar-refractivity contribution in [1.82, 2.24) is 10.2 Å². The molecule has 7 nitrogen and oxygen atoms in total. The number of amides is 2. The smallest absolute Gasteiger partial charge is 0.244 e. The highest BCUT2D eigenvalue weighted by Crippen LogP contribution is 2.26. The van der Waals surface area contributed by atoms with E-state index in [1.54, 1.807) is 26.0 Å². The summed E-state index contributed by atoms with van der Waals surface area (Å²) in [7, 11) is -3.79. The van der Waals surface area contributed by atoms with Crippen molar-refractivity contribution < 1.29 is 18.0 Å². The van der Waals surface area contributed by atoms with Crippen LogP contribution in [0.15, 0.2) is 48.5 Å². The number of hydrogen-bond acceptors (Lipinski definition) is 4. The van der Waals surface area contributed by atoms with Crippen LogP contribution in [-0.4, -0.2) is 56.6 Å². The minimum atomic E-state index is -3.79. The van der Waals surface area contributed by atoms with Crippen molar-refractivity contribution in [3.05, 3.63) is 64.7 Å². The van der Waals surface area contributed by atoms with E-state index in [0.29, 0.717) is 22.7 Å². The van der Waals surface area contributed by atoms with Gasteiger partial charge in [0.05, 0.1) is 11.9 Å². The van der Waals surface area contributed by atoms with Gasteiger partial charge < -0.3 is 10.2 Å². The van der Waals surface area contributed by atoms with Gasteiger partial charge in [0.25, 0.3) is 0 Å². The molecule has 0 aliphatic carbocycles. The number of anilines is 1. The average molecular weight is 494 g/mol. The third-order valence-electron chi connectivity index (χ3n) is 5.20. The molecular formula is C24H32ClN3O4S. The third kappa shape index (κ3) is 7.75. The number of sulfonamides is 1. The van der Waals surface area contributed by atoms with Crippen LogP contribution in [0.1, 0.15) is 31.9 Å². The highest BCUT2D eigenvalue weighted by Gasteiger charge is 2.30. The minimum absolute atomic E-state index is 0.0901. The number of nitrogens with one attached hydrogen (secondary N) is 1. The molecule has 0 fully saturated rings. The molecule has 9 heteroatoms. The molecule has 180 valence electrons. The summed E-state index contributed by atoms with van der Waals surface area (Å²) in [6, 6.07) is 13.6. The normalized spacial score (nSPS) is 12.3. The fraction of sp³-hybridized carbons (Fsp3) is 0.417. The van der Waals surface area contributed by atoms with E-state index in [2.05, 4.69) is 5.32 Å². The number of aryl methyl sites for hydroxylation is 1. The number of carbonyl (C=O) groups is 2. The molecule has 0 bridgehead atoms. The summed E-state index contributed by atoms with van der Waals surface area (Å²) >= 11 is 6.10. The number of benzene rings is 2. The summed E-state index contributed by atoms with van der Waals surface area (Å²) in [5.41, 5.74) is 2.01. The molecule has 0 radical (unpaired) electrons. The summed E-state index contributed by atoms with van der Waals surface area (Å²) < 4.78 is 26.3. The summed E-state index contributed by atoms with van der Waals surface area (Å²) in [4.78, 5) is 27.6. The first-order chi connectivity index (χ1) is 15.4. The van der Waals surface area contributed by atoms with Gasteiger partial charge in [-0.1, -0.05) is 48.0 Å². The van der Waals surface area contributed by atoms with Crippen LogP contribution in [0.5, 0.6) is 0 Å². The molecule has 0 aromatic heterocycles. The zero-order chi connectivity index (χ0) is 24.8. The standard InChI is InChI=1S/C24H32ClN3O4S/c1-17(2)26-24(30)19(4)27(14-13-20-9-7-6-8-10-20)23(29)16-28(33(5,31)32)22-15-21(25)12-11-18(22)3/h6-12,15,17,19H,13-14,16H2,1-5H3,(H,26,30)/t19-/m1/s1. The van der Waals surface area contributed by atoms with Gasteiger partial charge in [0, 0.05) is 17.6 Å². The van der Waals surface area contributed by atoms with Gasteiger partial charge in [-0.25, -0.2) is 8.42 Å². The Kier molecular flexibility index (Phi) is 9.31. The van der Waals surface area contributed by atoms with Crippen molar-refractivity contribution in [1.29, 1.82) is 0 Å². The van der Waals surface area contributed by atoms with Crippen molar-refractivity contribution in [2.75, 3.05) is 23.7 Å². The number of hydrogen-bond donors (Lipinski definition) is 1. The maximum atomic E-state index is 13.4. The summed E-state index contributed by atoms with van der Waals surface area (Å²) in [5, 5.41) is 3.19. The molecule has 2 amide bonds. The molecule has 1 atom stereocenters. The lowest BCUT2D eigenvalue weighted by molar-refractivity contribution is -0.139. The minimum Gasteiger partial charge on any atom is -0.352 e. The van der Waals surface area contributed by atoms with Crippen LogP contribution in [0.3, 0.4) is 0 Å². The second kappa shape index (κ2) is 11.5. The molecular weight excluding hydrogens is 462 g/mol. The molecule has 2 aromatic rings. The predicted molar refractivity (Wildman–Crippen MR) is 133 cm³/mol. The Hall–Kier alpha value is -2.58. The van der Waals surface area contributed by atoms with Crippen molar-refractivity contribution in [3.8, 4) is 0 Å². The van der Waals surface area contributed by atoms with Gasteiger partial charge in [0.15, 0.2) is 0 Å². The van der Waals surface area contributed by atoms with E-state index >= 15 is 0 Å². The first kappa shape index (κ1) is 26.7. The van der Waals surface area contributed by atoms with E-state index in [1.807, 2.05) is 44.2 Å². The molecule has 0 aliphatic rings. The topological polar surface area (TPSA) is 86.8 Å². The molecule has 1 N–H and O–H groups in total. The SMILES string of the molecule is Cc1ccc(Cl)cc1N(CC(=O)N(CCc1ccccc1)[C@H](C)C(=O)NC(C)C)S(C)(=O)=O. The fourth-order valence-corrected chi connectivity index (χ4v) is 4.49. The summed E-state index contributed by atoms with van der Waals surface area (Å²) in [6.07, 6.45) is 1.57. The highest BCUT2D eigenvalue weighted by molar-refractivity contribution is 7.92. The van der Waals surface area contributed by atoms with Gasteiger partial charge in [-0.15, -0.1) is 0 Å². The van der Waals surface area contributed by atoms with Crippen LogP contribution in [-0.2, 0) is 26.0 Å². The van der Waals surface area contributed by atoms with Crippen molar-refractivity contribution in [2.45, 2.75) is 46.2 Å². The van der Waals surface area contributed by atoms with E-state index in [1.165, 1.54) is 11.0 Å². The molecule has 0 aliphatic heterocycles. The van der Waals surface area contributed by atoms with Crippen LogP contribution in [0.25, 0.3) is 0 Å². The third-order valence-corrected chi connectivity index (χ3v) is 6.56. The molecule has 33 heavy (non-hydrogen) atoms. The lowest BCUT2D eigenvalue weighted by Crippen LogP contribution is -2.53. The molecule has 0 spiro atoms. The van der Waals surface area contributed by atoms with E-state index in [0.717, 1.165) is 16.1 Å². The molecule has 0 unspecified atom stereocenters. The van der Waals surface area contributed by atoms with Gasteiger partial charge in [-0.3, -0.25) is 13.9 Å². The first-order valence-corrected chi connectivity index (χ1v) is 13.0. The zero-order valence-electron chi connectivity index (χ0n) is 19.7. The van der Waals surface area contributed by atoms with Crippen molar-refractivity contribution >= 4 is 39.1 Å². The summed E-state index contributed by atoms with van der Waals surface area (Å²) in [5.74, 6) is -0.765. The van der Waals surface area contributed by atoms with Crippen LogP contribution in [0.2, 0.25) is 5.02 Å². The Labute approximate surface area is 201 Å². The van der Waals surface area contributed by atoms with Crippen LogP contribution >= 0.6 is 11.6 Å². The average Bonchev–Trinajstić information content (AvgIpc) is 2.73. The molecule has 2 rings (SSSR count). The lowest BCUT2D eigenvalue weighted by atomic mass is 10.1. The second-order valence-electron chi connectivity index (χ2n) is 8.36. The number of halogens is 1. The predicted octanol–water partition coefficient (Wildman–Crippen LogP) is 3.40. The summed E-state index contributed by atoms with van der Waals surface area (Å²) in [6.45, 7) is 6.91. The highest BCUT2D eigenvalue weighted by atomic mass is 35.5.